The monoisotopic (exact) mass is 1090 g/mol. The van der Waals surface area contributed by atoms with E-state index in [-0.39, 0.29) is 0 Å². The molecule has 0 fully saturated rings. The van der Waals surface area contributed by atoms with Crippen LogP contribution in [-0.2, 0) is 8.12 Å². The number of halogens is 4. The number of rotatable bonds is 37. The Morgan fingerprint density at radius 3 is 0.646 bits per heavy atom. The van der Waals surface area contributed by atoms with Crippen LogP contribution in [0.5, 0.6) is 0 Å². The van der Waals surface area contributed by atoms with E-state index in [1.807, 2.05) is 0 Å². The normalized spacial score (nSPS) is 12.2. The van der Waals surface area contributed by atoms with Crippen molar-refractivity contribution in [3.05, 3.63) is 121 Å². The van der Waals surface area contributed by atoms with Gasteiger partial charge in [-0.1, -0.05) is 241 Å². The van der Waals surface area contributed by atoms with Gasteiger partial charge in [-0.2, -0.15) is 0 Å². The van der Waals surface area contributed by atoms with Gasteiger partial charge in [-0.15, -0.1) is 0 Å². The van der Waals surface area contributed by atoms with Gasteiger partial charge in [0.15, 0.2) is 0 Å². The standard InChI is InChI=1S/C58H90P2.BrH.3ClH.Co/c1-3-5-7-9-11-13-15-17-19-21-23-25-27-41-51-59(55-43-33-29-34-44-55,56-45-35-30-36-46-56)53-54-60(57-47-37-31-38-48-57,58-49-39-32-40-50-58)52-42-28-26-24-22-20-18-16-14-12-10-8-6-4-2;;;;;/h29-40,43-50H,3-28,41-42,51-54H2,1-2H3;4*1H;/q+2;;;;;+2/p-4. The van der Waals surface area contributed by atoms with E-state index >= 15 is 0 Å². The van der Waals surface area contributed by atoms with Gasteiger partial charge < -0.3 is 0 Å². The predicted molar refractivity (Wildman–Crippen MR) is 305 cm³/mol. The fraction of sp³-hybridized carbons (Fsp3) is 0.586. The van der Waals surface area contributed by atoms with Crippen LogP contribution >= 0.6 is 59.1 Å². The summed E-state index contributed by atoms with van der Waals surface area (Å²) in [5.41, 5.74) is 0. The summed E-state index contributed by atoms with van der Waals surface area (Å²) in [6, 6.07) is 47.5. The van der Waals surface area contributed by atoms with E-state index in [9.17, 15) is 0 Å². The molecule has 0 aromatic heterocycles. The Labute approximate surface area is 424 Å². The fourth-order valence-electron chi connectivity index (χ4n) is 9.90. The van der Waals surface area contributed by atoms with Gasteiger partial charge in [0.1, 0.15) is 12.3 Å². The first-order valence-corrected chi connectivity index (χ1v) is 37.4. The molecule has 4 aromatic rings. The molecule has 4 rings (SSSR count). The second-order valence-corrected chi connectivity index (χ2v) is 40.6. The van der Waals surface area contributed by atoms with Crippen LogP contribution in [0.4, 0.5) is 0 Å². The van der Waals surface area contributed by atoms with Crippen molar-refractivity contribution in [3.8, 4) is 0 Å². The Balaban J connectivity index is 0.00000212. The molecule has 0 saturated heterocycles. The number of hydrogen-bond acceptors (Lipinski definition) is 0. The van der Waals surface area contributed by atoms with Crippen molar-refractivity contribution in [1.29, 1.82) is 0 Å². The second kappa shape index (κ2) is 37.4. The van der Waals surface area contributed by atoms with Gasteiger partial charge in [0.25, 0.3) is 0 Å². The molecule has 0 bridgehead atoms. The van der Waals surface area contributed by atoms with Gasteiger partial charge in [-0.3, -0.25) is 0 Å². The van der Waals surface area contributed by atoms with Crippen LogP contribution < -0.4 is 21.2 Å². The Hall–Kier alpha value is -0.404. The molecule has 0 atom stereocenters. The van der Waals surface area contributed by atoms with Crippen molar-refractivity contribution in [2.75, 3.05) is 24.6 Å². The topological polar surface area (TPSA) is 0 Å². The van der Waals surface area contributed by atoms with E-state index in [4.69, 9.17) is 30.4 Å². The van der Waals surface area contributed by atoms with Gasteiger partial charge in [0, 0.05) is 0 Å². The van der Waals surface area contributed by atoms with Crippen LogP contribution in [0.3, 0.4) is 0 Å². The summed E-state index contributed by atoms with van der Waals surface area (Å²) in [6.07, 6.45) is 44.9. The quantitative estimate of drug-likeness (QED) is 0.0312. The number of unbranched alkanes of at least 4 members (excludes halogenated alkanes) is 26. The Morgan fingerprint density at radius 1 is 0.292 bits per heavy atom. The van der Waals surface area contributed by atoms with Crippen LogP contribution in [-0.4, -0.2) is 24.6 Å². The molecule has 0 saturated carbocycles. The van der Waals surface area contributed by atoms with Crippen molar-refractivity contribution in [2.24, 2.45) is 0 Å². The van der Waals surface area contributed by atoms with Crippen molar-refractivity contribution >= 4 is 80.4 Å². The SMILES string of the molecule is CCCCCCCCCCCCCCCC[P+](CC[P+](CCCCCCCCCCCCCCCC)(c1ccccc1)c1ccccc1)(c1ccccc1)c1ccccc1.[Cl][Co-2]([Cl])([Cl])[Br]. The summed E-state index contributed by atoms with van der Waals surface area (Å²) < 4.78 is 0. The summed E-state index contributed by atoms with van der Waals surface area (Å²) in [7, 11) is 9.78. The molecule has 4 aromatic carbocycles. The fourth-order valence-corrected chi connectivity index (χ4v) is 20.2. The average molecular weight is 1090 g/mol. The van der Waals surface area contributed by atoms with Crippen LogP contribution in [0.1, 0.15) is 194 Å². The van der Waals surface area contributed by atoms with E-state index in [0.717, 1.165) is 0 Å². The molecule has 0 nitrogen and oxygen atoms in total. The first kappa shape index (κ1) is 58.9. The zero-order valence-electron chi connectivity index (χ0n) is 40.9. The summed E-state index contributed by atoms with van der Waals surface area (Å²) >= 11 is 2.78. The molecule has 369 valence electrons. The summed E-state index contributed by atoms with van der Waals surface area (Å²) in [5.74, 6) is 0. The second-order valence-electron chi connectivity index (χ2n) is 18.7. The Morgan fingerprint density at radius 2 is 0.462 bits per heavy atom. The average Bonchev–Trinajstić information content (AvgIpc) is 3.32. The molecule has 0 heterocycles. The third kappa shape index (κ3) is 25.9. The van der Waals surface area contributed by atoms with E-state index in [2.05, 4.69) is 149 Å². The van der Waals surface area contributed by atoms with Gasteiger partial charge in [0.05, 0.1) is 48.1 Å². The van der Waals surface area contributed by atoms with Crippen molar-refractivity contribution in [1.82, 2.24) is 0 Å². The Kier molecular flexibility index (Phi) is 33.9. The molecule has 0 aliphatic rings. The van der Waals surface area contributed by atoms with E-state index in [1.165, 1.54) is 204 Å². The van der Waals surface area contributed by atoms with Crippen LogP contribution in [0.2, 0.25) is 0 Å². The maximum absolute atomic E-state index is 5.09. The van der Waals surface area contributed by atoms with Gasteiger partial charge >= 0.3 is 52.7 Å². The van der Waals surface area contributed by atoms with E-state index < -0.39 is 22.6 Å². The third-order valence-electron chi connectivity index (χ3n) is 13.7. The molecule has 0 unspecified atom stereocenters. The molecular formula is C58H90BrCl3CoP2. The van der Waals surface area contributed by atoms with Gasteiger partial charge in [0.2, 0.25) is 0 Å². The minimum atomic E-state index is -2.15. The first-order chi connectivity index (χ1) is 31.7. The van der Waals surface area contributed by atoms with E-state index in [1.54, 1.807) is 21.2 Å². The summed E-state index contributed by atoms with van der Waals surface area (Å²) in [6.45, 7) is 4.63. The molecule has 0 amide bonds. The molecular weight excluding hydrogens is 1000 g/mol. The molecule has 0 spiro atoms. The van der Waals surface area contributed by atoms with Crippen molar-refractivity contribution in [3.63, 3.8) is 0 Å². The minimum absolute atomic E-state index is 1.30. The van der Waals surface area contributed by atoms with Gasteiger partial charge in [-0.25, -0.2) is 0 Å². The van der Waals surface area contributed by atoms with Crippen molar-refractivity contribution < 1.29 is 8.12 Å². The van der Waals surface area contributed by atoms with E-state index in [0.29, 0.717) is 0 Å². The summed E-state index contributed by atoms with van der Waals surface area (Å²) in [5, 5.41) is 6.51. The number of benzene rings is 4. The zero-order chi connectivity index (χ0) is 46.6. The van der Waals surface area contributed by atoms with Crippen LogP contribution in [0, 0.1) is 0 Å². The molecule has 0 aliphatic heterocycles. The van der Waals surface area contributed by atoms with Crippen LogP contribution in [0.25, 0.3) is 0 Å². The molecule has 0 aliphatic carbocycles. The molecule has 0 N–H and O–H groups in total. The number of hydrogen-bond donors (Lipinski definition) is 0. The molecule has 65 heavy (non-hydrogen) atoms. The Bertz CT molecular complexity index is 1450. The molecule has 0 radical (unpaired) electrons. The predicted octanol–water partition coefficient (Wildman–Crippen LogP) is 20.2. The van der Waals surface area contributed by atoms with Crippen LogP contribution in [0.15, 0.2) is 121 Å². The third-order valence-corrected chi connectivity index (χ3v) is 23.3. The molecule has 7 heteroatoms. The summed E-state index contributed by atoms with van der Waals surface area (Å²) in [4.78, 5) is 0. The maximum atomic E-state index is 5.09. The zero-order valence-corrected chi connectivity index (χ0v) is 47.6. The van der Waals surface area contributed by atoms with Gasteiger partial charge in [-0.05, 0) is 74.2 Å². The first-order valence-electron chi connectivity index (χ1n) is 26.2. The van der Waals surface area contributed by atoms with Crippen molar-refractivity contribution in [2.45, 2.75) is 194 Å².